The third kappa shape index (κ3) is 3.77. The monoisotopic (exact) mass is 339 g/mol. The molecule has 0 bridgehead atoms. The van der Waals surface area contributed by atoms with Crippen LogP contribution in [0, 0.1) is 11.3 Å². The van der Waals surface area contributed by atoms with E-state index in [1.54, 1.807) is 20.3 Å². The highest BCUT2D eigenvalue weighted by molar-refractivity contribution is 5.69. The topological polar surface area (TPSA) is 71.5 Å². The van der Waals surface area contributed by atoms with Gasteiger partial charge >= 0.3 is 0 Å². The van der Waals surface area contributed by atoms with Gasteiger partial charge in [-0.2, -0.15) is 10.2 Å². The smallest absolute Gasteiger partial charge is 0.235 e. The number of rotatable bonds is 5. The van der Waals surface area contributed by atoms with Gasteiger partial charge < -0.3 is 18.8 Å². The maximum atomic E-state index is 9.32. The SMILES string of the molecule is COc1ccc(/C=C/c2nc(C#N)c(N3CCCCC3)o2)cc1OC. The Balaban J connectivity index is 1.82. The standard InChI is InChI=1S/C19H21N3O3/c1-23-16-8-6-14(12-17(16)24-2)7-9-18-21-15(13-20)19(25-18)22-10-4-3-5-11-22/h6-9,12H,3-5,10-11H2,1-2H3/b9-7+. The van der Waals surface area contributed by atoms with E-state index in [-0.39, 0.29) is 0 Å². The van der Waals surface area contributed by atoms with Crippen molar-refractivity contribution in [2.24, 2.45) is 0 Å². The molecule has 0 atom stereocenters. The number of oxazole rings is 1. The predicted octanol–water partition coefficient (Wildman–Crippen LogP) is 3.72. The van der Waals surface area contributed by atoms with Gasteiger partial charge in [0.05, 0.1) is 14.2 Å². The fourth-order valence-corrected chi connectivity index (χ4v) is 2.91. The zero-order valence-corrected chi connectivity index (χ0v) is 14.5. The molecule has 0 radical (unpaired) electrons. The summed E-state index contributed by atoms with van der Waals surface area (Å²) < 4.78 is 16.4. The van der Waals surface area contributed by atoms with Gasteiger partial charge in [-0.15, -0.1) is 0 Å². The maximum Gasteiger partial charge on any atom is 0.235 e. The quantitative estimate of drug-likeness (QED) is 0.826. The van der Waals surface area contributed by atoms with Gasteiger partial charge in [0, 0.05) is 19.2 Å². The normalized spacial score (nSPS) is 14.5. The highest BCUT2D eigenvalue weighted by atomic mass is 16.5. The predicted molar refractivity (Wildman–Crippen MR) is 95.8 cm³/mol. The zero-order chi connectivity index (χ0) is 17.6. The third-order valence-electron chi connectivity index (χ3n) is 4.20. The van der Waals surface area contributed by atoms with Crippen LogP contribution >= 0.6 is 0 Å². The molecule has 0 unspecified atom stereocenters. The fraction of sp³-hybridized carbons (Fsp3) is 0.368. The molecule has 130 valence electrons. The lowest BCUT2D eigenvalue weighted by molar-refractivity contribution is 0.355. The summed E-state index contributed by atoms with van der Waals surface area (Å²) in [6.07, 6.45) is 7.08. The molecule has 6 heteroatoms. The molecule has 3 rings (SSSR count). The average Bonchev–Trinajstić information content (AvgIpc) is 3.10. The summed E-state index contributed by atoms with van der Waals surface area (Å²) in [7, 11) is 3.20. The summed E-state index contributed by atoms with van der Waals surface area (Å²) in [6, 6.07) is 7.75. The molecule has 0 amide bonds. The number of hydrogen-bond acceptors (Lipinski definition) is 6. The fourth-order valence-electron chi connectivity index (χ4n) is 2.91. The molecule has 25 heavy (non-hydrogen) atoms. The number of nitrogens with zero attached hydrogens (tertiary/aromatic N) is 3. The number of benzene rings is 1. The van der Waals surface area contributed by atoms with Crippen molar-refractivity contribution in [3.8, 4) is 17.6 Å². The van der Waals surface area contributed by atoms with Gasteiger partial charge in [-0.3, -0.25) is 0 Å². The lowest BCUT2D eigenvalue weighted by atomic mass is 10.1. The molecule has 0 N–H and O–H groups in total. The van der Waals surface area contributed by atoms with Crippen molar-refractivity contribution < 1.29 is 13.9 Å². The highest BCUT2D eigenvalue weighted by Gasteiger charge is 2.20. The van der Waals surface area contributed by atoms with Crippen molar-refractivity contribution in [1.29, 1.82) is 5.26 Å². The van der Waals surface area contributed by atoms with Gasteiger partial charge in [-0.05, 0) is 43.0 Å². The molecule has 1 saturated heterocycles. The van der Waals surface area contributed by atoms with E-state index >= 15 is 0 Å². The Morgan fingerprint density at radius 1 is 1.12 bits per heavy atom. The zero-order valence-electron chi connectivity index (χ0n) is 14.5. The molecule has 0 saturated carbocycles. The van der Waals surface area contributed by atoms with Crippen LogP contribution in [0.15, 0.2) is 22.6 Å². The minimum Gasteiger partial charge on any atom is -0.493 e. The molecule has 1 aliphatic heterocycles. The first-order valence-electron chi connectivity index (χ1n) is 8.31. The highest BCUT2D eigenvalue weighted by Crippen LogP contribution is 2.29. The van der Waals surface area contributed by atoms with Crippen LogP contribution in [0.1, 0.15) is 36.4 Å². The van der Waals surface area contributed by atoms with Crippen molar-refractivity contribution >= 4 is 18.0 Å². The molecule has 0 spiro atoms. The summed E-state index contributed by atoms with van der Waals surface area (Å²) in [4.78, 5) is 6.38. The number of nitriles is 1. The Hall–Kier alpha value is -2.94. The second-order valence-electron chi connectivity index (χ2n) is 5.81. The molecular formula is C19H21N3O3. The van der Waals surface area contributed by atoms with E-state index in [0.29, 0.717) is 29.0 Å². The van der Waals surface area contributed by atoms with Gasteiger partial charge in [-0.1, -0.05) is 6.07 Å². The molecule has 1 aliphatic rings. The Labute approximate surface area is 147 Å². The van der Waals surface area contributed by atoms with E-state index in [1.807, 2.05) is 24.3 Å². The summed E-state index contributed by atoms with van der Waals surface area (Å²) in [5.41, 5.74) is 1.27. The van der Waals surface area contributed by atoms with Crippen LogP contribution < -0.4 is 14.4 Å². The van der Waals surface area contributed by atoms with E-state index in [0.717, 1.165) is 31.5 Å². The molecule has 1 aromatic carbocycles. The summed E-state index contributed by atoms with van der Waals surface area (Å²) >= 11 is 0. The van der Waals surface area contributed by atoms with Crippen molar-refractivity contribution in [3.05, 3.63) is 35.3 Å². The first-order valence-corrected chi connectivity index (χ1v) is 8.31. The molecule has 1 aromatic heterocycles. The molecule has 2 aromatic rings. The minimum absolute atomic E-state index is 0.342. The third-order valence-corrected chi connectivity index (χ3v) is 4.20. The van der Waals surface area contributed by atoms with Gasteiger partial charge in [0.15, 0.2) is 11.5 Å². The van der Waals surface area contributed by atoms with Gasteiger partial charge in [0.25, 0.3) is 0 Å². The van der Waals surface area contributed by atoms with E-state index in [4.69, 9.17) is 13.9 Å². The van der Waals surface area contributed by atoms with E-state index in [2.05, 4.69) is 16.0 Å². The Morgan fingerprint density at radius 2 is 1.88 bits per heavy atom. The number of aromatic nitrogens is 1. The minimum atomic E-state index is 0.342. The number of piperidine rings is 1. The van der Waals surface area contributed by atoms with Crippen molar-refractivity contribution in [3.63, 3.8) is 0 Å². The maximum absolute atomic E-state index is 9.32. The summed E-state index contributed by atoms with van der Waals surface area (Å²) in [5, 5.41) is 9.32. The first-order chi connectivity index (χ1) is 12.2. The summed E-state index contributed by atoms with van der Waals surface area (Å²) in [6.45, 7) is 1.81. The molecule has 0 aliphatic carbocycles. The van der Waals surface area contributed by atoms with Crippen LogP contribution in [-0.4, -0.2) is 32.3 Å². The van der Waals surface area contributed by atoms with E-state index in [9.17, 15) is 5.26 Å². The number of ether oxygens (including phenoxy) is 2. The van der Waals surface area contributed by atoms with Crippen LogP contribution in [0.25, 0.3) is 12.2 Å². The largest absolute Gasteiger partial charge is 0.493 e. The van der Waals surface area contributed by atoms with Gasteiger partial charge in [0.1, 0.15) is 6.07 Å². The van der Waals surface area contributed by atoms with Crippen LogP contribution in [0.3, 0.4) is 0 Å². The lowest BCUT2D eigenvalue weighted by Crippen LogP contribution is -2.29. The van der Waals surface area contributed by atoms with Gasteiger partial charge in [-0.25, -0.2) is 0 Å². The van der Waals surface area contributed by atoms with Crippen molar-refractivity contribution in [2.45, 2.75) is 19.3 Å². The van der Waals surface area contributed by atoms with Crippen LogP contribution in [0.2, 0.25) is 0 Å². The second kappa shape index (κ2) is 7.75. The lowest BCUT2D eigenvalue weighted by Gasteiger charge is -2.25. The first kappa shape index (κ1) is 16.9. The van der Waals surface area contributed by atoms with Crippen LogP contribution in [0.4, 0.5) is 5.88 Å². The molecule has 6 nitrogen and oxygen atoms in total. The second-order valence-corrected chi connectivity index (χ2v) is 5.81. The van der Waals surface area contributed by atoms with Crippen molar-refractivity contribution in [1.82, 2.24) is 4.98 Å². The van der Waals surface area contributed by atoms with Crippen LogP contribution in [-0.2, 0) is 0 Å². The van der Waals surface area contributed by atoms with Gasteiger partial charge in [0.2, 0.25) is 17.5 Å². The number of methoxy groups -OCH3 is 2. The number of hydrogen-bond donors (Lipinski definition) is 0. The van der Waals surface area contributed by atoms with E-state index < -0.39 is 0 Å². The summed E-state index contributed by atoms with van der Waals surface area (Å²) in [5.74, 6) is 2.33. The van der Waals surface area contributed by atoms with E-state index in [1.165, 1.54) is 6.42 Å². The number of anilines is 1. The Morgan fingerprint density at radius 3 is 2.56 bits per heavy atom. The Kier molecular flexibility index (Phi) is 5.24. The average molecular weight is 339 g/mol. The molecule has 1 fully saturated rings. The van der Waals surface area contributed by atoms with Crippen molar-refractivity contribution in [2.75, 3.05) is 32.2 Å². The molecule has 2 heterocycles. The molecular weight excluding hydrogens is 318 g/mol. The van der Waals surface area contributed by atoms with Crippen LogP contribution in [0.5, 0.6) is 11.5 Å². The Bertz CT molecular complexity index is 799.